The predicted molar refractivity (Wildman–Crippen MR) is 388 cm³/mol. The summed E-state index contributed by atoms with van der Waals surface area (Å²) in [5.74, 6) is -9.83. The molecule has 0 spiro atoms. The van der Waals surface area contributed by atoms with Crippen molar-refractivity contribution in [3.63, 3.8) is 0 Å². The highest BCUT2D eigenvalue weighted by molar-refractivity contribution is 8.00. The quantitative estimate of drug-likeness (QED) is 0.0532. The molecule has 0 aliphatic carbocycles. The highest BCUT2D eigenvalue weighted by atomic mass is 32.2. The minimum Gasteiger partial charge on any atom is -0.396 e. The number of thioether (sulfide) groups is 1. The van der Waals surface area contributed by atoms with Crippen LogP contribution in [0.15, 0.2) is 0 Å². The van der Waals surface area contributed by atoms with Crippen molar-refractivity contribution in [2.45, 2.75) is 279 Å². The van der Waals surface area contributed by atoms with E-state index in [1.54, 1.807) is 41.5 Å². The van der Waals surface area contributed by atoms with E-state index in [4.69, 9.17) is 0 Å². The van der Waals surface area contributed by atoms with Crippen LogP contribution in [0.2, 0.25) is 0 Å². The fourth-order valence-electron chi connectivity index (χ4n) is 12.5. The maximum Gasteiger partial charge on any atom is 0.256 e. The summed E-state index contributed by atoms with van der Waals surface area (Å²) in [6, 6.07) is -12.7. The Morgan fingerprint density at radius 1 is 0.455 bits per heavy atom. The summed E-state index contributed by atoms with van der Waals surface area (Å²) in [7, 11) is 10.0. The van der Waals surface area contributed by atoms with E-state index < -0.39 is 155 Å². The average Bonchev–Trinajstić information content (AvgIpc) is 0.809. The fourth-order valence-corrected chi connectivity index (χ4v) is 13.8. The molecule has 0 radical (unpaired) electrons. The molecule has 1 rings (SSSR count). The van der Waals surface area contributed by atoms with E-state index in [0.717, 1.165) is 35.9 Å². The van der Waals surface area contributed by atoms with E-state index in [-0.39, 0.29) is 68.3 Å². The number of hydrogen-bond acceptors (Lipinski definition) is 15. The number of hydrogen-bond donors (Lipinski definition) is 7. The minimum atomic E-state index is -1.66. The van der Waals surface area contributed by atoms with Gasteiger partial charge in [-0.3, -0.25) is 57.5 Å². The molecule has 0 bridgehead atoms. The fraction of sp³-hybridized carbons (Fsp3) is 0.833. The van der Waals surface area contributed by atoms with Gasteiger partial charge in [0.25, 0.3) is 5.91 Å². The van der Waals surface area contributed by atoms with Crippen LogP contribution >= 0.6 is 11.8 Å². The van der Waals surface area contributed by atoms with Crippen molar-refractivity contribution in [3.8, 4) is 0 Å². The summed E-state index contributed by atoms with van der Waals surface area (Å²) >= 11 is 1.16. The molecule has 7 N–H and O–H groups in total. The minimum absolute atomic E-state index is 0.00589. The van der Waals surface area contributed by atoms with Crippen LogP contribution in [-0.4, -0.2) is 256 Å². The lowest BCUT2D eigenvalue weighted by atomic mass is 9.90. The number of rotatable bonds is 27. The molecule has 27 heteroatoms. The van der Waals surface area contributed by atoms with Crippen molar-refractivity contribution in [2.75, 3.05) is 68.2 Å². The molecule has 0 aromatic rings. The van der Waals surface area contributed by atoms with E-state index >= 15 is 28.8 Å². The number of nitrogens with one attached hydrogen (secondary N) is 5. The molecule has 1 aliphatic heterocycles. The van der Waals surface area contributed by atoms with Crippen LogP contribution < -0.4 is 26.6 Å². The molecular weight excluding hydrogens is 1290 g/mol. The number of aliphatic hydroxyl groups excluding tert-OH is 2. The Balaban J connectivity index is 4.53. The first-order valence-electron chi connectivity index (χ1n) is 36.3. The van der Waals surface area contributed by atoms with Gasteiger partial charge in [-0.2, -0.15) is 0 Å². The highest BCUT2D eigenvalue weighted by Crippen LogP contribution is 2.28. The normalized spacial score (nSPS) is 25.4. The first-order chi connectivity index (χ1) is 46.0. The van der Waals surface area contributed by atoms with Crippen molar-refractivity contribution in [1.29, 1.82) is 0 Å². The molecule has 12 amide bonds. The van der Waals surface area contributed by atoms with Gasteiger partial charge in [-0.25, -0.2) is 0 Å². The molecule has 13 atom stereocenters. The van der Waals surface area contributed by atoms with Gasteiger partial charge >= 0.3 is 0 Å². The number of carbonyl (C=O) groups excluding carboxylic acids is 12. The standard InChI is InChI=1S/C72H132N12O14S/c1-25-52-66(93)84(24)72(99-37-33-29-28-32-36-85)71(98)79(19)54(39-43(4)5)63(90)77-57(46(10)11)69(96)78(18)53(38-42(2)3)62(89)74-49(15)61(88)75-50(16)65(92)80(20)55(40-44(6)7)67(94)81(21)56(41-45(8)9)68(95)82(22)58(47(12)13)70(97)83(23)59(64(91)76-52)60(87)48(14)34-30-26-27-31-35-73-51(17)86/h42-50,52-60,72,85,87H,25-41H2,1-24H3,(H,73,86)(H,74,89)(H,75,88)(H,76,91)(H,77,90)/t48-,49+,50-,52+,53+,54+,55+,56+,57+,58+,59+,60-,72-/m1/s1. The molecule has 0 unspecified atom stereocenters. The molecule has 1 saturated heterocycles. The van der Waals surface area contributed by atoms with Gasteiger partial charge in [-0.1, -0.05) is 129 Å². The van der Waals surface area contributed by atoms with Crippen LogP contribution in [-0.2, 0) is 57.5 Å². The van der Waals surface area contributed by atoms with E-state index in [2.05, 4.69) is 26.6 Å². The van der Waals surface area contributed by atoms with Gasteiger partial charge in [0, 0.05) is 69.4 Å². The van der Waals surface area contributed by atoms with E-state index in [0.29, 0.717) is 50.8 Å². The first-order valence-corrected chi connectivity index (χ1v) is 37.3. The monoisotopic (exact) mass is 1420 g/mol. The third kappa shape index (κ3) is 28.3. The Hall–Kier alpha value is -6.09. The van der Waals surface area contributed by atoms with Crippen LogP contribution in [0.1, 0.15) is 208 Å². The maximum absolute atomic E-state index is 15.5. The molecule has 1 fully saturated rings. The van der Waals surface area contributed by atoms with E-state index in [1.165, 1.54) is 99.5 Å². The van der Waals surface area contributed by atoms with Crippen LogP contribution in [0.25, 0.3) is 0 Å². The third-order valence-electron chi connectivity index (χ3n) is 18.7. The Kier molecular flexibility index (Phi) is 40.7. The second-order valence-electron chi connectivity index (χ2n) is 30.0. The second kappa shape index (κ2) is 44.3. The van der Waals surface area contributed by atoms with Crippen molar-refractivity contribution in [2.24, 2.45) is 41.4 Å². The maximum atomic E-state index is 15.5. The predicted octanol–water partition coefficient (Wildman–Crippen LogP) is 5.00. The van der Waals surface area contributed by atoms with Gasteiger partial charge in [0.05, 0.1) is 6.10 Å². The number of amides is 12. The SMILES string of the molecule is CC[C@@H]1NC(=O)[C@H]([C@H](O)[C@H](C)CCCCCCNC(C)=O)N(C)C(=O)[C@H](C(C)C)N(C)C(=O)[C@H](CC(C)C)N(C)C(=O)[C@H](CC(C)C)N(C)C(=O)[C@@H](C)NC(=O)[C@H](C)NC(=O)[C@H](CC(C)C)N(C)C(=O)[C@H](C(C)C)NC(=O)[C@H](CC(C)C)N(C)C(=O)[C@@H](SCCCCCCO)N(C)C1=O. The lowest BCUT2D eigenvalue weighted by Crippen LogP contribution is -2.64. The smallest absolute Gasteiger partial charge is 0.256 e. The highest BCUT2D eigenvalue weighted by Gasteiger charge is 2.46. The molecular formula is C72H132N12O14S. The number of nitrogens with zero attached hydrogens (tertiary/aromatic N) is 7. The molecule has 26 nitrogen and oxygen atoms in total. The Morgan fingerprint density at radius 3 is 1.37 bits per heavy atom. The zero-order valence-electron chi connectivity index (χ0n) is 64.8. The number of aliphatic hydroxyl groups is 2. The summed E-state index contributed by atoms with van der Waals surface area (Å²) in [5, 5.41) is 34.7. The molecule has 1 aliphatic rings. The summed E-state index contributed by atoms with van der Waals surface area (Å²) in [5.41, 5.74) is 0. The van der Waals surface area contributed by atoms with Crippen molar-refractivity contribution < 1.29 is 67.7 Å². The van der Waals surface area contributed by atoms with Gasteiger partial charge < -0.3 is 71.1 Å². The number of carbonyl (C=O) groups is 12. The van der Waals surface area contributed by atoms with Gasteiger partial charge in [-0.05, 0) is 119 Å². The molecule has 0 aromatic heterocycles. The van der Waals surface area contributed by atoms with Gasteiger partial charge in [0.15, 0.2) is 5.37 Å². The lowest BCUT2D eigenvalue weighted by Gasteiger charge is -2.41. The van der Waals surface area contributed by atoms with E-state index in [9.17, 15) is 39.0 Å². The van der Waals surface area contributed by atoms with E-state index in [1.807, 2.05) is 55.4 Å². The summed E-state index contributed by atoms with van der Waals surface area (Å²) in [6.45, 7) is 30.1. The Morgan fingerprint density at radius 2 is 0.889 bits per heavy atom. The van der Waals surface area contributed by atoms with Gasteiger partial charge in [-0.15, -0.1) is 11.8 Å². The van der Waals surface area contributed by atoms with Gasteiger partial charge in [0.1, 0.15) is 60.4 Å². The Labute approximate surface area is 597 Å². The molecule has 570 valence electrons. The zero-order chi connectivity index (χ0) is 76.2. The number of unbranched alkanes of at least 4 members (excludes halogenated alkanes) is 6. The summed E-state index contributed by atoms with van der Waals surface area (Å²) in [6.07, 6.45) is 4.78. The first kappa shape index (κ1) is 90.9. The lowest BCUT2D eigenvalue weighted by molar-refractivity contribution is -0.157. The van der Waals surface area contributed by atoms with Crippen molar-refractivity contribution in [3.05, 3.63) is 0 Å². The third-order valence-corrected chi connectivity index (χ3v) is 20.1. The molecule has 1 heterocycles. The van der Waals surface area contributed by atoms with Crippen molar-refractivity contribution in [1.82, 2.24) is 60.9 Å². The molecule has 0 aromatic carbocycles. The van der Waals surface area contributed by atoms with Crippen LogP contribution in [0.3, 0.4) is 0 Å². The zero-order valence-corrected chi connectivity index (χ0v) is 65.6. The topological polar surface area (TPSA) is 328 Å². The van der Waals surface area contributed by atoms with Crippen LogP contribution in [0.5, 0.6) is 0 Å². The van der Waals surface area contributed by atoms with Crippen molar-refractivity contribution >= 4 is 82.6 Å². The summed E-state index contributed by atoms with van der Waals surface area (Å²) in [4.78, 5) is 185. The molecule has 99 heavy (non-hydrogen) atoms. The van der Waals surface area contributed by atoms with Crippen LogP contribution in [0, 0.1) is 41.4 Å². The Bertz CT molecular complexity index is 2630. The summed E-state index contributed by atoms with van der Waals surface area (Å²) < 4.78 is 0. The molecule has 0 saturated carbocycles. The van der Waals surface area contributed by atoms with Gasteiger partial charge in [0.2, 0.25) is 65.0 Å². The largest absolute Gasteiger partial charge is 0.396 e. The number of likely N-dealkylation sites (N-methyl/N-ethyl adjacent to an activating group) is 7. The average molecular weight is 1420 g/mol. The second-order valence-corrected chi connectivity index (χ2v) is 31.2. The van der Waals surface area contributed by atoms with Crippen LogP contribution in [0.4, 0.5) is 0 Å².